The molecular formula is C34H34ClN3O2S2. The van der Waals surface area contributed by atoms with Gasteiger partial charge >= 0.3 is 0 Å². The Bertz CT molecular complexity index is 1550. The lowest BCUT2D eigenvalue weighted by atomic mass is 9.99. The van der Waals surface area contributed by atoms with E-state index in [2.05, 4.69) is 13.8 Å². The Morgan fingerprint density at radius 2 is 1.76 bits per heavy atom. The van der Waals surface area contributed by atoms with E-state index in [9.17, 15) is 4.79 Å². The van der Waals surface area contributed by atoms with Crippen molar-refractivity contribution < 1.29 is 9.53 Å². The lowest BCUT2D eigenvalue weighted by molar-refractivity contribution is -0.122. The molecule has 0 aliphatic carbocycles. The highest BCUT2D eigenvalue weighted by Gasteiger charge is 2.33. The van der Waals surface area contributed by atoms with Crippen LogP contribution in [0.3, 0.4) is 0 Å². The summed E-state index contributed by atoms with van der Waals surface area (Å²) in [5.74, 6) is 1.18. The third kappa shape index (κ3) is 7.33. The minimum atomic E-state index is -0.0238. The van der Waals surface area contributed by atoms with Crippen LogP contribution in [0.5, 0.6) is 5.75 Å². The number of nitrogens with zero attached hydrogens (tertiary/aromatic N) is 3. The first-order valence-electron chi connectivity index (χ1n) is 14.3. The van der Waals surface area contributed by atoms with E-state index >= 15 is 0 Å². The van der Waals surface area contributed by atoms with Crippen molar-refractivity contribution in [3.63, 3.8) is 0 Å². The van der Waals surface area contributed by atoms with Crippen molar-refractivity contribution >= 4 is 51.9 Å². The molecule has 5 rings (SSSR count). The summed E-state index contributed by atoms with van der Waals surface area (Å²) < 4.78 is 8.47. The third-order valence-corrected chi connectivity index (χ3v) is 8.98. The second kappa shape index (κ2) is 14.2. The Balaban J connectivity index is 1.40. The van der Waals surface area contributed by atoms with Crippen LogP contribution in [0.15, 0.2) is 90.0 Å². The van der Waals surface area contributed by atoms with E-state index in [0.29, 0.717) is 33.3 Å². The van der Waals surface area contributed by atoms with Crippen LogP contribution in [-0.4, -0.2) is 31.5 Å². The van der Waals surface area contributed by atoms with Gasteiger partial charge in [0.2, 0.25) is 0 Å². The molecule has 8 heteroatoms. The molecule has 0 radical (unpaired) electrons. The maximum Gasteiger partial charge on any atom is 0.266 e. The molecule has 4 aromatic rings. The number of unbranched alkanes of at least 4 members (excludes halogenated alkanes) is 1. The number of ether oxygens (including phenoxy) is 1. The molecule has 5 nitrogen and oxygen atoms in total. The van der Waals surface area contributed by atoms with Crippen molar-refractivity contribution in [3.05, 3.63) is 106 Å². The highest BCUT2D eigenvalue weighted by atomic mass is 35.5. The number of carbonyl (C=O) groups is 1. The Kier molecular flexibility index (Phi) is 10.2. The second-order valence-electron chi connectivity index (χ2n) is 10.4. The van der Waals surface area contributed by atoms with E-state index < -0.39 is 0 Å². The standard InChI is InChI=1S/C34H34ClN3O2S2/c1-3-5-9-24(4-2)21-37-33(39)31(42-34(37)41)20-27-22-38(29-10-7-6-8-11-29)36-32(27)26-14-18-30(19-15-26)40-23-25-12-16-28(35)17-13-25/h6-8,10-20,22,24H,3-5,9,21,23H2,1-2H3. The molecule has 2 heterocycles. The van der Waals surface area contributed by atoms with Gasteiger partial charge in [-0.2, -0.15) is 5.10 Å². The van der Waals surface area contributed by atoms with E-state index in [1.807, 2.05) is 95.8 Å². The number of benzene rings is 3. The van der Waals surface area contributed by atoms with Crippen LogP contribution in [-0.2, 0) is 11.4 Å². The zero-order chi connectivity index (χ0) is 29.5. The molecule has 0 spiro atoms. The molecule has 1 aromatic heterocycles. The molecule has 3 aromatic carbocycles. The lowest BCUT2D eigenvalue weighted by Crippen LogP contribution is -2.33. The number of para-hydroxylation sites is 1. The first-order valence-corrected chi connectivity index (χ1v) is 15.9. The summed E-state index contributed by atoms with van der Waals surface area (Å²) in [6, 6.07) is 25.5. The summed E-state index contributed by atoms with van der Waals surface area (Å²) in [6.07, 6.45) is 8.35. The zero-order valence-corrected chi connectivity index (χ0v) is 26.2. The molecule has 0 bridgehead atoms. The molecule has 216 valence electrons. The van der Waals surface area contributed by atoms with Gasteiger partial charge in [0.05, 0.1) is 16.3 Å². The predicted molar refractivity (Wildman–Crippen MR) is 178 cm³/mol. The maximum atomic E-state index is 13.5. The molecule has 1 fully saturated rings. The number of hydrogen-bond donors (Lipinski definition) is 0. The Hall–Kier alpha value is -3.39. The summed E-state index contributed by atoms with van der Waals surface area (Å²) in [7, 11) is 0. The van der Waals surface area contributed by atoms with Gasteiger partial charge in [0.15, 0.2) is 0 Å². The molecule has 1 unspecified atom stereocenters. The van der Waals surface area contributed by atoms with Crippen LogP contribution < -0.4 is 4.74 Å². The van der Waals surface area contributed by atoms with Crippen LogP contribution in [0.4, 0.5) is 0 Å². The van der Waals surface area contributed by atoms with Crippen LogP contribution in [0.25, 0.3) is 23.0 Å². The minimum Gasteiger partial charge on any atom is -0.489 e. The van der Waals surface area contributed by atoms with Gasteiger partial charge in [-0.1, -0.05) is 99.0 Å². The van der Waals surface area contributed by atoms with Gasteiger partial charge in [0.25, 0.3) is 5.91 Å². The number of rotatable bonds is 12. The predicted octanol–water partition coefficient (Wildman–Crippen LogP) is 9.19. The van der Waals surface area contributed by atoms with Crippen LogP contribution >= 0.6 is 35.6 Å². The van der Waals surface area contributed by atoms with Gasteiger partial charge in [0, 0.05) is 28.9 Å². The Morgan fingerprint density at radius 1 is 1.02 bits per heavy atom. The number of aromatic nitrogens is 2. The zero-order valence-electron chi connectivity index (χ0n) is 23.8. The molecule has 1 saturated heterocycles. The van der Waals surface area contributed by atoms with Crippen LogP contribution in [0.1, 0.15) is 50.7 Å². The smallest absolute Gasteiger partial charge is 0.266 e. The molecule has 42 heavy (non-hydrogen) atoms. The second-order valence-corrected chi connectivity index (χ2v) is 12.5. The largest absolute Gasteiger partial charge is 0.489 e. The van der Waals surface area contributed by atoms with E-state index in [1.165, 1.54) is 11.8 Å². The number of thioether (sulfide) groups is 1. The first kappa shape index (κ1) is 30.1. The quantitative estimate of drug-likeness (QED) is 0.117. The van der Waals surface area contributed by atoms with Gasteiger partial charge in [-0.25, -0.2) is 4.68 Å². The average molecular weight is 616 g/mol. The first-order chi connectivity index (χ1) is 20.4. The Labute approximate surface area is 262 Å². The summed E-state index contributed by atoms with van der Waals surface area (Å²) in [4.78, 5) is 15.9. The van der Waals surface area contributed by atoms with E-state index in [-0.39, 0.29) is 5.91 Å². The summed E-state index contributed by atoms with van der Waals surface area (Å²) in [5, 5.41) is 5.64. The topological polar surface area (TPSA) is 47.4 Å². The molecule has 1 aliphatic rings. The van der Waals surface area contributed by atoms with Gasteiger partial charge < -0.3 is 4.74 Å². The monoisotopic (exact) mass is 615 g/mol. The fourth-order valence-electron chi connectivity index (χ4n) is 4.86. The average Bonchev–Trinajstić information content (AvgIpc) is 3.55. The summed E-state index contributed by atoms with van der Waals surface area (Å²) in [5.41, 5.74) is 4.54. The molecule has 0 N–H and O–H groups in total. The van der Waals surface area contributed by atoms with Gasteiger partial charge in [0.1, 0.15) is 16.7 Å². The van der Waals surface area contributed by atoms with Crippen LogP contribution in [0, 0.1) is 5.92 Å². The summed E-state index contributed by atoms with van der Waals surface area (Å²) >= 11 is 13.0. The summed E-state index contributed by atoms with van der Waals surface area (Å²) in [6.45, 7) is 5.51. The SMILES string of the molecule is CCCCC(CC)CN1C(=O)C(=Cc2cn(-c3ccccc3)nc2-c2ccc(OCc3ccc(Cl)cc3)cc2)SC1=S. The van der Waals surface area contributed by atoms with Crippen molar-refractivity contribution in [1.82, 2.24) is 14.7 Å². The number of amides is 1. The van der Waals surface area contributed by atoms with Gasteiger partial charge in [-0.3, -0.25) is 9.69 Å². The fourth-order valence-corrected chi connectivity index (χ4v) is 6.25. The van der Waals surface area contributed by atoms with Crippen molar-refractivity contribution in [2.75, 3.05) is 6.54 Å². The van der Waals surface area contributed by atoms with E-state index in [4.69, 9.17) is 33.7 Å². The lowest BCUT2D eigenvalue weighted by Gasteiger charge is -2.21. The molecular weight excluding hydrogens is 582 g/mol. The van der Waals surface area contributed by atoms with Crippen LogP contribution in [0.2, 0.25) is 5.02 Å². The van der Waals surface area contributed by atoms with E-state index in [1.54, 1.807) is 4.90 Å². The van der Waals surface area contributed by atoms with Crippen molar-refractivity contribution in [3.8, 4) is 22.7 Å². The third-order valence-electron chi connectivity index (χ3n) is 7.35. The molecule has 0 saturated carbocycles. The van der Waals surface area contributed by atoms with Gasteiger partial charge in [-0.15, -0.1) is 0 Å². The van der Waals surface area contributed by atoms with Crippen molar-refractivity contribution in [1.29, 1.82) is 0 Å². The number of halogens is 1. The van der Waals surface area contributed by atoms with Crippen molar-refractivity contribution in [2.45, 2.75) is 46.1 Å². The highest BCUT2D eigenvalue weighted by Crippen LogP contribution is 2.36. The van der Waals surface area contributed by atoms with E-state index in [0.717, 1.165) is 59.5 Å². The Morgan fingerprint density at radius 3 is 2.45 bits per heavy atom. The normalized spacial score (nSPS) is 15.0. The minimum absolute atomic E-state index is 0.0238. The van der Waals surface area contributed by atoms with Gasteiger partial charge in [-0.05, 0) is 72.5 Å². The maximum absolute atomic E-state index is 13.5. The highest BCUT2D eigenvalue weighted by molar-refractivity contribution is 8.26. The molecule has 1 atom stereocenters. The number of thiocarbonyl (C=S) groups is 1. The number of carbonyl (C=O) groups excluding carboxylic acids is 1. The fraction of sp³-hybridized carbons (Fsp3) is 0.265. The van der Waals surface area contributed by atoms with Crippen molar-refractivity contribution in [2.24, 2.45) is 5.92 Å². The molecule has 1 aliphatic heterocycles. The number of hydrogen-bond acceptors (Lipinski definition) is 5. The molecule has 1 amide bonds.